The molecule has 0 saturated carbocycles. The van der Waals surface area contributed by atoms with Crippen LogP contribution in [0.15, 0.2) is 18.2 Å². The van der Waals surface area contributed by atoms with Gasteiger partial charge in [0, 0.05) is 18.2 Å². The summed E-state index contributed by atoms with van der Waals surface area (Å²) in [5, 5.41) is 5.15. The molecule has 4 N–H and O–H groups in total. The summed E-state index contributed by atoms with van der Waals surface area (Å²) >= 11 is 0. The van der Waals surface area contributed by atoms with Gasteiger partial charge in [0.2, 0.25) is 11.8 Å². The van der Waals surface area contributed by atoms with Crippen LogP contribution in [0.1, 0.15) is 40.5 Å². The number of rotatable bonds is 5. The van der Waals surface area contributed by atoms with Crippen LogP contribution in [-0.2, 0) is 19.1 Å². The number of methoxy groups -OCH3 is 1. The fourth-order valence-corrected chi connectivity index (χ4v) is 3.25. The maximum atomic E-state index is 12.8. The number of fused-ring (bicyclic) bond motifs is 1. The second kappa shape index (κ2) is 7.39. The molecule has 3 atom stereocenters. The molecule has 4 amide bonds. The van der Waals surface area contributed by atoms with Crippen LogP contribution in [0, 0.1) is 0 Å². The standard InChI is InChI=1S/C18H20N4O6/c1-8(14(19)18(27)28-2)20-9-3-4-10-11(7-9)17(26)22(16(10)25)12-5-6-13(23)21-15(12)24/h3-4,7-8,12,14,20H,5-6,19H2,1-2H3,(H,21,23,24)/t8-,12?,14+/m1/s1. The number of carbonyl (C=O) groups is 5. The van der Waals surface area contributed by atoms with E-state index in [1.807, 2.05) is 0 Å². The van der Waals surface area contributed by atoms with Crippen molar-refractivity contribution in [3.63, 3.8) is 0 Å². The molecular formula is C18H20N4O6. The normalized spacial score (nSPS) is 21.1. The average Bonchev–Trinajstić information content (AvgIpc) is 2.91. The monoisotopic (exact) mass is 388 g/mol. The molecule has 1 saturated heterocycles. The number of nitrogens with two attached hydrogens (primary N) is 1. The molecule has 0 radical (unpaired) electrons. The van der Waals surface area contributed by atoms with E-state index < -0.39 is 47.7 Å². The van der Waals surface area contributed by atoms with Crippen molar-refractivity contribution in [3.8, 4) is 0 Å². The highest BCUT2D eigenvalue weighted by atomic mass is 16.5. The second-order valence-electron chi connectivity index (χ2n) is 6.69. The molecule has 10 heteroatoms. The Balaban J connectivity index is 1.81. The Morgan fingerprint density at radius 2 is 1.93 bits per heavy atom. The van der Waals surface area contributed by atoms with Gasteiger partial charge in [0.15, 0.2) is 0 Å². The molecule has 0 bridgehead atoms. The van der Waals surface area contributed by atoms with Crippen LogP contribution in [-0.4, -0.2) is 59.7 Å². The van der Waals surface area contributed by atoms with E-state index in [-0.39, 0.29) is 24.0 Å². The zero-order valence-electron chi connectivity index (χ0n) is 15.4. The summed E-state index contributed by atoms with van der Waals surface area (Å²) in [6.45, 7) is 1.68. The van der Waals surface area contributed by atoms with Gasteiger partial charge in [-0.3, -0.25) is 34.2 Å². The lowest BCUT2D eigenvalue weighted by Gasteiger charge is -2.27. The van der Waals surface area contributed by atoms with E-state index in [1.165, 1.54) is 19.2 Å². The first-order chi connectivity index (χ1) is 13.2. The highest BCUT2D eigenvalue weighted by Crippen LogP contribution is 2.29. The number of nitrogens with zero attached hydrogens (tertiary/aromatic N) is 1. The van der Waals surface area contributed by atoms with E-state index in [9.17, 15) is 24.0 Å². The third-order valence-electron chi connectivity index (χ3n) is 4.85. The Hall–Kier alpha value is -3.27. The molecule has 0 spiro atoms. The molecule has 1 aromatic carbocycles. The van der Waals surface area contributed by atoms with Crippen LogP contribution in [0.4, 0.5) is 5.69 Å². The molecule has 0 aromatic heterocycles. The highest BCUT2D eigenvalue weighted by Gasteiger charge is 2.44. The van der Waals surface area contributed by atoms with E-state index in [0.29, 0.717) is 5.69 Å². The summed E-state index contributed by atoms with van der Waals surface area (Å²) in [5.74, 6) is -2.87. The van der Waals surface area contributed by atoms with Crippen LogP contribution in [0.3, 0.4) is 0 Å². The topological polar surface area (TPSA) is 148 Å². The smallest absolute Gasteiger partial charge is 0.324 e. The molecule has 28 heavy (non-hydrogen) atoms. The minimum atomic E-state index is -1.02. The molecule has 0 aliphatic carbocycles. The summed E-state index contributed by atoms with van der Waals surface area (Å²) in [6.07, 6.45) is 0.145. The molecule has 1 unspecified atom stereocenters. The number of anilines is 1. The van der Waals surface area contributed by atoms with E-state index in [4.69, 9.17) is 5.73 Å². The fourth-order valence-electron chi connectivity index (χ4n) is 3.25. The number of hydrogen-bond acceptors (Lipinski definition) is 8. The van der Waals surface area contributed by atoms with Gasteiger partial charge in [-0.15, -0.1) is 0 Å². The SMILES string of the molecule is COC(=O)[C@@H](N)[C@@H](C)Nc1ccc2c(c1)C(=O)N(C1CCC(=O)NC1=O)C2=O. The molecule has 3 rings (SSSR count). The third-order valence-corrected chi connectivity index (χ3v) is 4.85. The zero-order valence-corrected chi connectivity index (χ0v) is 15.4. The summed E-state index contributed by atoms with van der Waals surface area (Å²) in [5.41, 5.74) is 6.58. The van der Waals surface area contributed by atoms with Gasteiger partial charge in [-0.25, -0.2) is 0 Å². The van der Waals surface area contributed by atoms with Crippen LogP contribution in [0.5, 0.6) is 0 Å². The second-order valence-corrected chi connectivity index (χ2v) is 6.69. The number of hydrogen-bond donors (Lipinski definition) is 3. The van der Waals surface area contributed by atoms with Crippen LogP contribution >= 0.6 is 0 Å². The van der Waals surface area contributed by atoms with E-state index in [1.54, 1.807) is 13.0 Å². The molecule has 1 fully saturated rings. The van der Waals surface area contributed by atoms with Gasteiger partial charge in [-0.05, 0) is 31.5 Å². The Kier molecular flexibility index (Phi) is 5.14. The van der Waals surface area contributed by atoms with Crippen molar-refractivity contribution in [2.24, 2.45) is 5.73 Å². The molecule has 2 aliphatic rings. The van der Waals surface area contributed by atoms with Gasteiger partial charge >= 0.3 is 5.97 Å². The summed E-state index contributed by atoms with van der Waals surface area (Å²) in [6, 6.07) is 2.09. The first-order valence-electron chi connectivity index (χ1n) is 8.70. The first-order valence-corrected chi connectivity index (χ1v) is 8.70. The van der Waals surface area contributed by atoms with E-state index in [0.717, 1.165) is 4.90 Å². The highest BCUT2D eigenvalue weighted by molar-refractivity contribution is 6.23. The van der Waals surface area contributed by atoms with Crippen molar-refractivity contribution in [1.82, 2.24) is 10.2 Å². The molecule has 2 aliphatic heterocycles. The number of esters is 1. The Labute approximate surface area is 160 Å². The van der Waals surface area contributed by atoms with Crippen molar-refractivity contribution in [3.05, 3.63) is 29.3 Å². The van der Waals surface area contributed by atoms with Crippen LogP contribution in [0.2, 0.25) is 0 Å². The van der Waals surface area contributed by atoms with Crippen molar-refractivity contribution in [2.45, 2.75) is 37.9 Å². The van der Waals surface area contributed by atoms with E-state index >= 15 is 0 Å². The molecule has 1 aromatic rings. The van der Waals surface area contributed by atoms with Crippen LogP contribution < -0.4 is 16.4 Å². The predicted molar refractivity (Wildman–Crippen MR) is 96.2 cm³/mol. The fraction of sp³-hybridized carbons (Fsp3) is 0.389. The Morgan fingerprint density at radius 1 is 1.25 bits per heavy atom. The number of carbonyl (C=O) groups excluding carboxylic acids is 5. The minimum Gasteiger partial charge on any atom is -0.468 e. The molecular weight excluding hydrogens is 368 g/mol. The summed E-state index contributed by atoms with van der Waals surface area (Å²) in [7, 11) is 1.23. The summed E-state index contributed by atoms with van der Waals surface area (Å²) < 4.78 is 4.60. The third kappa shape index (κ3) is 3.33. The lowest BCUT2D eigenvalue weighted by Crippen LogP contribution is -2.54. The van der Waals surface area contributed by atoms with Gasteiger partial charge in [-0.1, -0.05) is 0 Å². The van der Waals surface area contributed by atoms with E-state index in [2.05, 4.69) is 15.4 Å². The van der Waals surface area contributed by atoms with Gasteiger partial charge in [-0.2, -0.15) is 0 Å². The molecule has 2 heterocycles. The Bertz CT molecular complexity index is 883. The minimum absolute atomic E-state index is 0.0551. The van der Waals surface area contributed by atoms with Gasteiger partial charge in [0.1, 0.15) is 12.1 Å². The van der Waals surface area contributed by atoms with Crippen molar-refractivity contribution < 1.29 is 28.7 Å². The number of imide groups is 2. The number of benzene rings is 1. The first kappa shape index (κ1) is 19.5. The molecule has 10 nitrogen and oxygen atoms in total. The Morgan fingerprint density at radius 3 is 2.57 bits per heavy atom. The number of ether oxygens (including phenoxy) is 1. The number of amides is 4. The average molecular weight is 388 g/mol. The van der Waals surface area contributed by atoms with Crippen molar-refractivity contribution >= 4 is 35.3 Å². The summed E-state index contributed by atoms with van der Waals surface area (Å²) in [4.78, 5) is 61.2. The quantitative estimate of drug-likeness (QED) is 0.447. The number of nitrogens with one attached hydrogen (secondary N) is 2. The molecule has 148 valence electrons. The lowest BCUT2D eigenvalue weighted by atomic mass is 10.0. The predicted octanol–water partition coefficient (Wildman–Crippen LogP) is -0.611. The largest absolute Gasteiger partial charge is 0.468 e. The maximum absolute atomic E-state index is 12.8. The van der Waals surface area contributed by atoms with Crippen LogP contribution in [0.25, 0.3) is 0 Å². The van der Waals surface area contributed by atoms with Crippen molar-refractivity contribution in [1.29, 1.82) is 0 Å². The lowest BCUT2D eigenvalue weighted by molar-refractivity contribution is -0.142. The van der Waals surface area contributed by atoms with Crippen molar-refractivity contribution in [2.75, 3.05) is 12.4 Å². The van der Waals surface area contributed by atoms with Gasteiger partial charge in [0.05, 0.1) is 18.2 Å². The van der Waals surface area contributed by atoms with Gasteiger partial charge in [0.25, 0.3) is 11.8 Å². The zero-order chi connectivity index (χ0) is 20.6. The maximum Gasteiger partial charge on any atom is 0.324 e. The van der Waals surface area contributed by atoms with Gasteiger partial charge < -0.3 is 15.8 Å². The number of piperidine rings is 1.